The minimum absolute atomic E-state index is 0.325. The van der Waals surface area contributed by atoms with Gasteiger partial charge in [0.1, 0.15) is 5.52 Å². The van der Waals surface area contributed by atoms with Crippen LogP contribution in [0.5, 0.6) is 0 Å². The number of esters is 1. The Bertz CT molecular complexity index is 1170. The van der Waals surface area contributed by atoms with Gasteiger partial charge < -0.3 is 14.6 Å². The first-order valence-electron chi connectivity index (χ1n) is 9.59. The van der Waals surface area contributed by atoms with Gasteiger partial charge in [-0.15, -0.1) is 0 Å². The molecule has 1 aromatic heterocycles. The normalized spacial score (nSPS) is 11.8. The molecule has 30 heavy (non-hydrogen) atoms. The average Bonchev–Trinajstić information content (AvgIpc) is 3.22. The van der Waals surface area contributed by atoms with Crippen molar-refractivity contribution < 1.29 is 18.8 Å². The number of fused-ring (bicyclic) bond motifs is 1. The highest BCUT2D eigenvalue weighted by atomic mass is 16.5. The molecule has 0 spiro atoms. The summed E-state index contributed by atoms with van der Waals surface area (Å²) in [6.07, 6.45) is -0.923. The van der Waals surface area contributed by atoms with Crippen LogP contribution in [0.15, 0.2) is 83.4 Å². The molecular weight excluding hydrogens is 380 g/mol. The lowest BCUT2D eigenvalue weighted by Gasteiger charge is -2.13. The number of benzene rings is 3. The van der Waals surface area contributed by atoms with Gasteiger partial charge in [0, 0.05) is 12.1 Å². The number of hydrogen-bond donors (Lipinski definition) is 1. The standard InChI is InChI=1S/C24H20N2O4/c1-16(23(27)25-15-17-8-4-2-5-9-17)29-24(28)19-12-13-21-20(14-19)22(30-26-21)18-10-6-3-7-11-18/h2-14,16H,15H2,1H3,(H,25,27)/t16-/m0/s1. The lowest BCUT2D eigenvalue weighted by atomic mass is 10.1. The average molecular weight is 400 g/mol. The molecule has 0 fully saturated rings. The van der Waals surface area contributed by atoms with Crippen molar-refractivity contribution in [2.75, 3.05) is 0 Å². The van der Waals surface area contributed by atoms with Gasteiger partial charge in [-0.1, -0.05) is 65.8 Å². The van der Waals surface area contributed by atoms with Crippen molar-refractivity contribution in [2.45, 2.75) is 19.6 Å². The monoisotopic (exact) mass is 400 g/mol. The van der Waals surface area contributed by atoms with E-state index < -0.39 is 12.1 Å². The number of amides is 1. The Morgan fingerprint density at radius 2 is 1.70 bits per heavy atom. The van der Waals surface area contributed by atoms with Crippen LogP contribution in [-0.2, 0) is 16.1 Å². The molecule has 0 saturated carbocycles. The number of nitrogens with zero attached hydrogens (tertiary/aromatic N) is 1. The summed E-state index contributed by atoms with van der Waals surface area (Å²) in [7, 11) is 0. The summed E-state index contributed by atoms with van der Waals surface area (Å²) >= 11 is 0. The summed E-state index contributed by atoms with van der Waals surface area (Å²) in [6.45, 7) is 1.92. The van der Waals surface area contributed by atoms with Crippen molar-refractivity contribution in [1.29, 1.82) is 0 Å². The van der Waals surface area contributed by atoms with Crippen molar-refractivity contribution >= 4 is 22.8 Å². The number of nitrogens with one attached hydrogen (secondary N) is 1. The molecule has 0 saturated heterocycles. The predicted octanol–water partition coefficient (Wildman–Crippen LogP) is 4.36. The SMILES string of the molecule is C[C@H](OC(=O)c1ccc2noc(-c3ccccc3)c2c1)C(=O)NCc1ccccc1. The molecule has 1 atom stereocenters. The Labute approximate surface area is 173 Å². The number of carbonyl (C=O) groups is 2. The van der Waals surface area contributed by atoms with Crippen LogP contribution >= 0.6 is 0 Å². The van der Waals surface area contributed by atoms with Crippen LogP contribution in [0.25, 0.3) is 22.2 Å². The highest BCUT2D eigenvalue weighted by Crippen LogP contribution is 2.29. The van der Waals surface area contributed by atoms with Gasteiger partial charge in [0.2, 0.25) is 0 Å². The zero-order chi connectivity index (χ0) is 20.9. The van der Waals surface area contributed by atoms with Crippen molar-refractivity contribution in [2.24, 2.45) is 0 Å². The minimum atomic E-state index is -0.923. The van der Waals surface area contributed by atoms with Crippen LogP contribution in [0.4, 0.5) is 0 Å². The van der Waals surface area contributed by atoms with Gasteiger partial charge in [-0.25, -0.2) is 4.79 Å². The van der Waals surface area contributed by atoms with Crippen molar-refractivity contribution in [3.63, 3.8) is 0 Å². The molecule has 1 N–H and O–H groups in total. The molecule has 0 bridgehead atoms. The molecule has 1 amide bonds. The molecule has 6 heteroatoms. The number of hydrogen-bond acceptors (Lipinski definition) is 5. The predicted molar refractivity (Wildman–Crippen MR) is 113 cm³/mol. The van der Waals surface area contributed by atoms with Crippen molar-refractivity contribution in [3.8, 4) is 11.3 Å². The third-order valence-electron chi connectivity index (χ3n) is 4.71. The van der Waals surface area contributed by atoms with E-state index in [9.17, 15) is 9.59 Å². The quantitative estimate of drug-likeness (QED) is 0.487. The molecule has 0 aliphatic heterocycles. The van der Waals surface area contributed by atoms with Gasteiger partial charge >= 0.3 is 5.97 Å². The third kappa shape index (κ3) is 4.22. The molecule has 0 aliphatic rings. The second-order valence-electron chi connectivity index (χ2n) is 6.86. The Balaban J connectivity index is 1.45. The maximum Gasteiger partial charge on any atom is 0.338 e. The van der Waals surface area contributed by atoms with E-state index in [1.54, 1.807) is 25.1 Å². The largest absolute Gasteiger partial charge is 0.449 e. The summed E-state index contributed by atoms with van der Waals surface area (Å²) < 4.78 is 10.8. The summed E-state index contributed by atoms with van der Waals surface area (Å²) in [6, 6.07) is 24.0. The summed E-state index contributed by atoms with van der Waals surface area (Å²) in [5, 5.41) is 7.52. The second-order valence-corrected chi connectivity index (χ2v) is 6.86. The maximum absolute atomic E-state index is 12.6. The Morgan fingerprint density at radius 3 is 2.43 bits per heavy atom. The molecule has 3 aromatic carbocycles. The van der Waals surface area contributed by atoms with Crippen LogP contribution in [0.1, 0.15) is 22.8 Å². The molecule has 4 rings (SSSR count). The number of ether oxygens (including phenoxy) is 1. The van der Waals surface area contributed by atoms with Gasteiger partial charge in [-0.05, 0) is 30.7 Å². The highest BCUT2D eigenvalue weighted by molar-refractivity contribution is 5.99. The minimum Gasteiger partial charge on any atom is -0.449 e. The van der Waals surface area contributed by atoms with E-state index in [0.29, 0.717) is 28.8 Å². The Kier molecular flexibility index (Phi) is 5.57. The fraction of sp³-hybridized carbons (Fsp3) is 0.125. The first-order chi connectivity index (χ1) is 14.6. The van der Waals surface area contributed by atoms with Crippen molar-refractivity contribution in [1.82, 2.24) is 10.5 Å². The van der Waals surface area contributed by atoms with Gasteiger partial charge in [0.25, 0.3) is 5.91 Å². The Hall–Kier alpha value is -3.93. The van der Waals surface area contributed by atoms with E-state index in [1.165, 1.54) is 0 Å². The van der Waals surface area contributed by atoms with E-state index in [1.807, 2.05) is 60.7 Å². The topological polar surface area (TPSA) is 81.4 Å². The summed E-state index contributed by atoms with van der Waals surface area (Å²) in [5.41, 5.74) is 2.79. The molecule has 150 valence electrons. The van der Waals surface area contributed by atoms with E-state index in [-0.39, 0.29) is 5.91 Å². The molecular formula is C24H20N2O4. The third-order valence-corrected chi connectivity index (χ3v) is 4.71. The van der Waals surface area contributed by atoms with Crippen LogP contribution < -0.4 is 5.32 Å². The number of aromatic nitrogens is 1. The number of carbonyl (C=O) groups excluding carboxylic acids is 2. The van der Waals surface area contributed by atoms with Gasteiger partial charge in [-0.2, -0.15) is 0 Å². The molecule has 0 aliphatic carbocycles. The zero-order valence-corrected chi connectivity index (χ0v) is 16.4. The van der Waals surface area contributed by atoms with Crippen LogP contribution in [0.2, 0.25) is 0 Å². The zero-order valence-electron chi connectivity index (χ0n) is 16.4. The fourth-order valence-corrected chi connectivity index (χ4v) is 3.08. The Morgan fingerprint density at radius 1 is 1.00 bits per heavy atom. The molecule has 6 nitrogen and oxygen atoms in total. The van der Waals surface area contributed by atoms with Crippen molar-refractivity contribution in [3.05, 3.63) is 90.0 Å². The van der Waals surface area contributed by atoms with Crippen LogP contribution in [-0.4, -0.2) is 23.1 Å². The fourth-order valence-electron chi connectivity index (χ4n) is 3.08. The summed E-state index contributed by atoms with van der Waals surface area (Å²) in [4.78, 5) is 24.9. The smallest absolute Gasteiger partial charge is 0.338 e. The summed E-state index contributed by atoms with van der Waals surface area (Å²) in [5.74, 6) is -0.364. The van der Waals surface area contributed by atoms with Gasteiger partial charge in [0.05, 0.1) is 10.9 Å². The lowest BCUT2D eigenvalue weighted by molar-refractivity contribution is -0.129. The molecule has 0 radical (unpaired) electrons. The van der Waals surface area contributed by atoms with E-state index in [4.69, 9.17) is 9.26 Å². The van der Waals surface area contributed by atoms with E-state index >= 15 is 0 Å². The number of rotatable bonds is 6. The highest BCUT2D eigenvalue weighted by Gasteiger charge is 2.20. The van der Waals surface area contributed by atoms with Crippen LogP contribution in [0, 0.1) is 0 Å². The lowest BCUT2D eigenvalue weighted by Crippen LogP contribution is -2.35. The molecule has 4 aromatic rings. The van der Waals surface area contributed by atoms with E-state index in [2.05, 4.69) is 10.5 Å². The van der Waals surface area contributed by atoms with Crippen LogP contribution in [0.3, 0.4) is 0 Å². The first kappa shape index (κ1) is 19.4. The second kappa shape index (κ2) is 8.61. The first-order valence-corrected chi connectivity index (χ1v) is 9.59. The van der Waals surface area contributed by atoms with Gasteiger partial charge in [-0.3, -0.25) is 4.79 Å². The molecule has 0 unspecified atom stereocenters. The van der Waals surface area contributed by atoms with E-state index in [0.717, 1.165) is 11.1 Å². The molecule has 1 heterocycles. The maximum atomic E-state index is 12.6. The van der Waals surface area contributed by atoms with Gasteiger partial charge in [0.15, 0.2) is 11.9 Å².